The molecule has 1 fully saturated rings. The molecule has 2 atom stereocenters. The molecule has 0 bridgehead atoms. The fraction of sp³-hybridized carbons (Fsp3) is 0.292. The minimum Gasteiger partial charge on any atom is -0.497 e. The van der Waals surface area contributed by atoms with Gasteiger partial charge in [-0.1, -0.05) is 42.7 Å². The van der Waals surface area contributed by atoms with Crippen LogP contribution in [0.4, 0.5) is 5.82 Å². The number of guanidine groups is 1. The number of aromatic nitrogens is 2. The van der Waals surface area contributed by atoms with Gasteiger partial charge in [0.25, 0.3) is 0 Å². The maximum Gasteiger partial charge on any atom is 0.186 e. The van der Waals surface area contributed by atoms with Gasteiger partial charge in [-0.25, -0.2) is 15.0 Å². The molecule has 0 radical (unpaired) electrons. The Hall–Kier alpha value is -3.32. The van der Waals surface area contributed by atoms with Gasteiger partial charge in [-0.15, -0.1) is 0 Å². The van der Waals surface area contributed by atoms with E-state index in [0.29, 0.717) is 10.8 Å². The number of fused-ring (bicyclic) bond motifs is 1. The standard InChI is InChI=1S/C24H27ClN6O/c1-32-17-11-12-19-18(14-17)23(29-20-4-2-3-5-21(20)30-24(26)27)31-22(28-19)13-8-15-6-9-16(25)10-7-15/h6-14,20-21H,2-5H2,1H3,(H4,26,27,30)(H,28,29,31)/t20-,21+/m0/s1. The molecule has 1 aliphatic rings. The lowest BCUT2D eigenvalue weighted by Gasteiger charge is -2.30. The monoisotopic (exact) mass is 450 g/mol. The van der Waals surface area contributed by atoms with Crippen molar-refractivity contribution in [2.75, 3.05) is 12.4 Å². The Bertz CT molecular complexity index is 1140. The van der Waals surface area contributed by atoms with E-state index in [1.54, 1.807) is 7.11 Å². The first-order valence-electron chi connectivity index (χ1n) is 10.7. The normalized spacial score (nSPS) is 18.6. The first-order chi connectivity index (χ1) is 15.5. The largest absolute Gasteiger partial charge is 0.497 e. The minimum absolute atomic E-state index is 0.0115. The van der Waals surface area contributed by atoms with Crippen LogP contribution in [-0.4, -0.2) is 35.1 Å². The first kappa shape index (κ1) is 21.9. The first-order valence-corrected chi connectivity index (χ1v) is 11.0. The van der Waals surface area contributed by atoms with E-state index < -0.39 is 0 Å². The summed E-state index contributed by atoms with van der Waals surface area (Å²) in [6.07, 6.45) is 7.98. The minimum atomic E-state index is 0.0115. The Balaban J connectivity index is 1.71. The second kappa shape index (κ2) is 9.87. The molecule has 32 heavy (non-hydrogen) atoms. The van der Waals surface area contributed by atoms with E-state index in [1.165, 1.54) is 0 Å². The number of nitrogens with one attached hydrogen (secondary N) is 1. The van der Waals surface area contributed by atoms with Crippen LogP contribution in [0.5, 0.6) is 5.75 Å². The molecule has 0 unspecified atom stereocenters. The third kappa shape index (κ3) is 5.29. The molecule has 0 amide bonds. The number of halogens is 1. The van der Waals surface area contributed by atoms with E-state index in [4.69, 9.17) is 37.8 Å². The zero-order valence-corrected chi connectivity index (χ0v) is 18.7. The van der Waals surface area contributed by atoms with Crippen molar-refractivity contribution >= 4 is 46.4 Å². The number of methoxy groups -OCH3 is 1. The molecule has 8 heteroatoms. The lowest BCUT2D eigenvalue weighted by atomic mass is 9.90. The van der Waals surface area contributed by atoms with E-state index in [-0.39, 0.29) is 18.0 Å². The summed E-state index contributed by atoms with van der Waals surface area (Å²) in [5.74, 6) is 2.21. The maximum absolute atomic E-state index is 5.98. The predicted molar refractivity (Wildman–Crippen MR) is 132 cm³/mol. The van der Waals surface area contributed by atoms with Gasteiger partial charge in [0.05, 0.1) is 24.7 Å². The quantitative estimate of drug-likeness (QED) is 0.377. The Morgan fingerprint density at radius 1 is 1.09 bits per heavy atom. The summed E-state index contributed by atoms with van der Waals surface area (Å²) in [6, 6.07) is 13.5. The van der Waals surface area contributed by atoms with Crippen molar-refractivity contribution in [2.24, 2.45) is 16.5 Å². The van der Waals surface area contributed by atoms with Crippen LogP contribution in [0.25, 0.3) is 23.1 Å². The van der Waals surface area contributed by atoms with Crippen LogP contribution in [0.3, 0.4) is 0 Å². The third-order valence-electron chi connectivity index (χ3n) is 5.58. The SMILES string of the molecule is COc1ccc2nc(C=Cc3ccc(Cl)cc3)nc(N[C@H]3CCCC[C@H]3N=C(N)N)c2c1. The van der Waals surface area contributed by atoms with Crippen molar-refractivity contribution in [3.8, 4) is 5.75 Å². The van der Waals surface area contributed by atoms with Crippen LogP contribution >= 0.6 is 11.6 Å². The number of aliphatic imine (C=N–C) groups is 1. The van der Waals surface area contributed by atoms with Crippen molar-refractivity contribution in [3.63, 3.8) is 0 Å². The van der Waals surface area contributed by atoms with Crippen LogP contribution in [0.15, 0.2) is 47.5 Å². The fourth-order valence-corrected chi connectivity index (χ4v) is 4.11. The summed E-state index contributed by atoms with van der Waals surface area (Å²) >= 11 is 5.98. The van der Waals surface area contributed by atoms with Crippen LogP contribution in [-0.2, 0) is 0 Å². The number of hydrogen-bond donors (Lipinski definition) is 3. The molecule has 1 aliphatic carbocycles. The number of nitrogens with zero attached hydrogens (tertiary/aromatic N) is 3. The predicted octanol–water partition coefficient (Wildman–Crippen LogP) is 4.46. The lowest BCUT2D eigenvalue weighted by Crippen LogP contribution is -2.38. The highest BCUT2D eigenvalue weighted by Gasteiger charge is 2.26. The molecule has 1 saturated carbocycles. The number of ether oxygens (including phenoxy) is 1. The van der Waals surface area contributed by atoms with E-state index in [2.05, 4.69) is 10.3 Å². The highest BCUT2D eigenvalue weighted by molar-refractivity contribution is 6.30. The molecule has 3 aromatic rings. The molecule has 5 N–H and O–H groups in total. The topological polar surface area (TPSA) is 111 Å². The third-order valence-corrected chi connectivity index (χ3v) is 5.83. The molecule has 2 aromatic carbocycles. The van der Waals surface area contributed by atoms with Crippen molar-refractivity contribution in [1.82, 2.24) is 9.97 Å². The smallest absolute Gasteiger partial charge is 0.186 e. The molecule has 0 spiro atoms. The van der Waals surface area contributed by atoms with Gasteiger partial charge in [-0.05, 0) is 54.8 Å². The van der Waals surface area contributed by atoms with Crippen LogP contribution in [0, 0.1) is 0 Å². The molecule has 7 nitrogen and oxygen atoms in total. The average Bonchev–Trinajstić information content (AvgIpc) is 2.79. The van der Waals surface area contributed by atoms with E-state index in [1.807, 2.05) is 54.6 Å². The number of rotatable bonds is 6. The molecule has 4 rings (SSSR count). The second-order valence-corrected chi connectivity index (χ2v) is 8.29. The summed E-state index contributed by atoms with van der Waals surface area (Å²) in [5, 5.41) is 5.19. The maximum atomic E-state index is 5.98. The number of nitrogens with two attached hydrogens (primary N) is 2. The van der Waals surface area contributed by atoms with Crippen molar-refractivity contribution < 1.29 is 4.74 Å². The van der Waals surface area contributed by atoms with Crippen LogP contribution in [0.2, 0.25) is 5.02 Å². The zero-order chi connectivity index (χ0) is 22.5. The van der Waals surface area contributed by atoms with Gasteiger partial charge in [0.1, 0.15) is 11.6 Å². The molecule has 166 valence electrons. The summed E-state index contributed by atoms with van der Waals surface area (Å²) < 4.78 is 5.42. The van der Waals surface area contributed by atoms with Crippen LogP contribution < -0.4 is 21.5 Å². The van der Waals surface area contributed by atoms with E-state index in [9.17, 15) is 0 Å². The van der Waals surface area contributed by atoms with Gasteiger partial charge in [0.2, 0.25) is 0 Å². The van der Waals surface area contributed by atoms with Crippen LogP contribution in [0.1, 0.15) is 37.1 Å². The van der Waals surface area contributed by atoms with E-state index >= 15 is 0 Å². The summed E-state index contributed by atoms with van der Waals surface area (Å²) in [6.45, 7) is 0. The molecule has 0 aliphatic heterocycles. The Morgan fingerprint density at radius 2 is 1.88 bits per heavy atom. The molecular formula is C24H27ClN6O. The number of benzene rings is 2. The number of anilines is 1. The molecule has 0 saturated heterocycles. The Morgan fingerprint density at radius 3 is 2.62 bits per heavy atom. The molecular weight excluding hydrogens is 424 g/mol. The molecule has 1 heterocycles. The second-order valence-electron chi connectivity index (χ2n) is 7.85. The zero-order valence-electron chi connectivity index (χ0n) is 18.0. The van der Waals surface area contributed by atoms with Gasteiger partial charge >= 0.3 is 0 Å². The molecule has 1 aromatic heterocycles. The van der Waals surface area contributed by atoms with Crippen molar-refractivity contribution in [1.29, 1.82) is 0 Å². The Kier molecular flexibility index (Phi) is 6.75. The summed E-state index contributed by atoms with van der Waals surface area (Å²) in [7, 11) is 1.65. The highest BCUT2D eigenvalue weighted by Crippen LogP contribution is 2.30. The van der Waals surface area contributed by atoms with Gasteiger partial charge in [-0.3, -0.25) is 0 Å². The number of hydrogen-bond acceptors (Lipinski definition) is 5. The van der Waals surface area contributed by atoms with Crippen molar-refractivity contribution in [2.45, 2.75) is 37.8 Å². The van der Waals surface area contributed by atoms with Gasteiger partial charge in [0, 0.05) is 10.4 Å². The Labute approximate surface area is 192 Å². The highest BCUT2D eigenvalue weighted by atomic mass is 35.5. The fourth-order valence-electron chi connectivity index (χ4n) is 3.98. The van der Waals surface area contributed by atoms with Crippen molar-refractivity contribution in [3.05, 3.63) is 58.9 Å². The van der Waals surface area contributed by atoms with Gasteiger partial charge in [0.15, 0.2) is 11.8 Å². The lowest BCUT2D eigenvalue weighted by molar-refractivity contribution is 0.405. The summed E-state index contributed by atoms with van der Waals surface area (Å²) in [5.41, 5.74) is 13.2. The van der Waals surface area contributed by atoms with Gasteiger partial charge < -0.3 is 21.5 Å². The van der Waals surface area contributed by atoms with Gasteiger partial charge in [-0.2, -0.15) is 0 Å². The average molecular weight is 451 g/mol. The van der Waals surface area contributed by atoms with E-state index in [0.717, 1.165) is 53.7 Å². The summed E-state index contributed by atoms with van der Waals surface area (Å²) in [4.78, 5) is 14.0.